The molecule has 1 N–H and O–H groups in total. The van der Waals surface area contributed by atoms with Crippen molar-refractivity contribution in [1.29, 1.82) is 0 Å². The first-order valence-corrected chi connectivity index (χ1v) is 7.24. The molecule has 1 amide bonds. The van der Waals surface area contributed by atoms with Crippen LogP contribution in [-0.2, 0) is 11.2 Å². The molecule has 0 heterocycles. The van der Waals surface area contributed by atoms with E-state index >= 15 is 0 Å². The molecule has 2 rings (SSSR count). The highest BCUT2D eigenvalue weighted by atomic mass is 19.1. The van der Waals surface area contributed by atoms with Gasteiger partial charge in [0.15, 0.2) is 5.78 Å². The largest absolute Gasteiger partial charge is 0.356 e. The van der Waals surface area contributed by atoms with Crippen molar-refractivity contribution in [1.82, 2.24) is 5.32 Å². The molecule has 0 saturated carbocycles. The summed E-state index contributed by atoms with van der Waals surface area (Å²) in [5.41, 5.74) is 1.59. The molecule has 0 unspecified atom stereocenters. The van der Waals surface area contributed by atoms with Crippen LogP contribution in [0.15, 0.2) is 54.6 Å². The van der Waals surface area contributed by atoms with Gasteiger partial charge in [0, 0.05) is 24.9 Å². The maximum Gasteiger partial charge on any atom is 0.220 e. The van der Waals surface area contributed by atoms with E-state index in [1.165, 1.54) is 12.1 Å². The maximum atomic E-state index is 12.8. The lowest BCUT2D eigenvalue weighted by Crippen LogP contribution is -2.26. The molecule has 0 aliphatic carbocycles. The first kappa shape index (κ1) is 15.9. The van der Waals surface area contributed by atoms with Gasteiger partial charge in [0.25, 0.3) is 0 Å². The van der Waals surface area contributed by atoms with Crippen molar-refractivity contribution < 1.29 is 14.0 Å². The van der Waals surface area contributed by atoms with Crippen molar-refractivity contribution in [2.24, 2.45) is 0 Å². The zero-order valence-corrected chi connectivity index (χ0v) is 12.2. The molecule has 0 aliphatic rings. The third-order valence-electron chi connectivity index (χ3n) is 3.32. The van der Waals surface area contributed by atoms with Gasteiger partial charge in [-0.1, -0.05) is 42.5 Å². The number of Topliss-reactive ketones (excluding diaryl/α,β-unsaturated/α-hetero) is 1. The van der Waals surface area contributed by atoms with Crippen LogP contribution in [0.25, 0.3) is 0 Å². The molecule has 0 spiro atoms. The number of carbonyl (C=O) groups is 2. The number of halogens is 1. The Morgan fingerprint density at radius 1 is 0.909 bits per heavy atom. The van der Waals surface area contributed by atoms with Gasteiger partial charge in [0.1, 0.15) is 5.82 Å². The summed E-state index contributed by atoms with van der Waals surface area (Å²) >= 11 is 0. The van der Waals surface area contributed by atoms with E-state index in [4.69, 9.17) is 0 Å². The molecule has 4 heteroatoms. The highest BCUT2D eigenvalue weighted by Crippen LogP contribution is 2.05. The zero-order chi connectivity index (χ0) is 15.8. The van der Waals surface area contributed by atoms with Crippen LogP contribution < -0.4 is 5.32 Å². The summed E-state index contributed by atoms with van der Waals surface area (Å²) < 4.78 is 12.8. The summed E-state index contributed by atoms with van der Waals surface area (Å²) in [6, 6.07) is 15.1. The van der Waals surface area contributed by atoms with Crippen molar-refractivity contribution in [3.63, 3.8) is 0 Å². The summed E-state index contributed by atoms with van der Waals surface area (Å²) in [4.78, 5) is 23.6. The van der Waals surface area contributed by atoms with E-state index in [9.17, 15) is 14.0 Å². The predicted molar refractivity (Wildman–Crippen MR) is 83.1 cm³/mol. The molecule has 114 valence electrons. The quantitative estimate of drug-likeness (QED) is 0.798. The molecule has 2 aromatic carbocycles. The van der Waals surface area contributed by atoms with Gasteiger partial charge in [0.2, 0.25) is 5.91 Å². The molecule has 3 nitrogen and oxygen atoms in total. The highest BCUT2D eigenvalue weighted by molar-refractivity contribution is 5.97. The van der Waals surface area contributed by atoms with Crippen LogP contribution in [0, 0.1) is 5.82 Å². The summed E-state index contributed by atoms with van der Waals surface area (Å²) in [6.07, 6.45) is 1.02. The van der Waals surface area contributed by atoms with Crippen LogP contribution in [0.1, 0.15) is 28.8 Å². The van der Waals surface area contributed by atoms with Crippen molar-refractivity contribution in [2.75, 3.05) is 6.54 Å². The number of ketones is 1. The maximum absolute atomic E-state index is 12.8. The number of carbonyl (C=O) groups excluding carboxylic acids is 2. The minimum atomic E-state index is -0.271. The normalized spacial score (nSPS) is 10.2. The van der Waals surface area contributed by atoms with Crippen LogP contribution >= 0.6 is 0 Å². The summed E-state index contributed by atoms with van der Waals surface area (Å²) in [5.74, 6) is -0.451. The van der Waals surface area contributed by atoms with E-state index in [1.807, 2.05) is 6.07 Å². The van der Waals surface area contributed by atoms with Gasteiger partial charge >= 0.3 is 0 Å². The van der Waals surface area contributed by atoms with Crippen molar-refractivity contribution in [3.05, 3.63) is 71.5 Å². The van der Waals surface area contributed by atoms with Crippen LogP contribution in [0.5, 0.6) is 0 Å². The van der Waals surface area contributed by atoms with Gasteiger partial charge in [-0.15, -0.1) is 0 Å². The molecule has 0 aromatic heterocycles. The minimum Gasteiger partial charge on any atom is -0.356 e. The fourth-order valence-corrected chi connectivity index (χ4v) is 2.08. The Hall–Kier alpha value is -2.49. The van der Waals surface area contributed by atoms with E-state index in [1.54, 1.807) is 36.4 Å². The Bertz CT molecular complexity index is 623. The third-order valence-corrected chi connectivity index (χ3v) is 3.32. The van der Waals surface area contributed by atoms with Crippen molar-refractivity contribution >= 4 is 11.7 Å². The smallest absolute Gasteiger partial charge is 0.220 e. The third kappa shape index (κ3) is 5.13. The Morgan fingerprint density at radius 2 is 1.59 bits per heavy atom. The number of hydrogen-bond acceptors (Lipinski definition) is 2. The molecule has 0 radical (unpaired) electrons. The number of amides is 1. The van der Waals surface area contributed by atoms with E-state index in [0.717, 1.165) is 5.56 Å². The Kier molecular flexibility index (Phi) is 5.83. The summed E-state index contributed by atoms with van der Waals surface area (Å²) in [5, 5.41) is 2.77. The average molecular weight is 299 g/mol. The van der Waals surface area contributed by atoms with Crippen molar-refractivity contribution in [2.45, 2.75) is 19.3 Å². The van der Waals surface area contributed by atoms with Gasteiger partial charge in [0.05, 0.1) is 0 Å². The van der Waals surface area contributed by atoms with Gasteiger partial charge in [-0.05, 0) is 24.1 Å². The molecule has 0 atom stereocenters. The molecule has 0 saturated heterocycles. The first-order chi connectivity index (χ1) is 10.6. The first-order valence-electron chi connectivity index (χ1n) is 7.24. The van der Waals surface area contributed by atoms with Gasteiger partial charge in [-0.25, -0.2) is 4.39 Å². The van der Waals surface area contributed by atoms with Crippen LogP contribution in [0.2, 0.25) is 0 Å². The Balaban J connectivity index is 1.68. The van der Waals surface area contributed by atoms with Gasteiger partial charge < -0.3 is 5.32 Å². The second-order valence-corrected chi connectivity index (χ2v) is 5.02. The summed E-state index contributed by atoms with van der Waals surface area (Å²) in [7, 11) is 0. The standard InChI is InChI=1S/C18H18FNO2/c19-16-8-6-14(7-9-16)12-13-20-18(22)11-10-17(21)15-4-2-1-3-5-15/h1-9H,10-13H2,(H,20,22). The number of nitrogens with one attached hydrogen (secondary N) is 1. The highest BCUT2D eigenvalue weighted by Gasteiger charge is 2.08. The average Bonchev–Trinajstić information content (AvgIpc) is 2.55. The van der Waals surface area contributed by atoms with Crippen LogP contribution in [-0.4, -0.2) is 18.2 Å². The van der Waals surface area contributed by atoms with Gasteiger partial charge in [-0.3, -0.25) is 9.59 Å². The van der Waals surface area contributed by atoms with Crippen LogP contribution in [0.3, 0.4) is 0 Å². The molecule has 0 bridgehead atoms. The lowest BCUT2D eigenvalue weighted by atomic mass is 10.1. The van der Waals surface area contributed by atoms with E-state index in [-0.39, 0.29) is 30.3 Å². The molecule has 0 aliphatic heterocycles. The topological polar surface area (TPSA) is 46.2 Å². The number of benzene rings is 2. The Morgan fingerprint density at radius 3 is 2.27 bits per heavy atom. The lowest BCUT2D eigenvalue weighted by Gasteiger charge is -2.05. The minimum absolute atomic E-state index is 0.0331. The lowest BCUT2D eigenvalue weighted by molar-refractivity contribution is -0.121. The fourth-order valence-electron chi connectivity index (χ4n) is 2.08. The monoisotopic (exact) mass is 299 g/mol. The fraction of sp³-hybridized carbons (Fsp3) is 0.222. The van der Waals surface area contributed by atoms with E-state index in [2.05, 4.69) is 5.32 Å². The molecule has 0 fully saturated rings. The molecule has 22 heavy (non-hydrogen) atoms. The number of rotatable bonds is 7. The SMILES string of the molecule is O=C(CCC(=O)c1ccccc1)NCCc1ccc(F)cc1. The van der Waals surface area contributed by atoms with E-state index in [0.29, 0.717) is 18.5 Å². The Labute approximate surface area is 129 Å². The molecule has 2 aromatic rings. The van der Waals surface area contributed by atoms with Crippen molar-refractivity contribution in [3.8, 4) is 0 Å². The summed E-state index contributed by atoms with van der Waals surface area (Å²) in [6.45, 7) is 0.476. The molecular weight excluding hydrogens is 281 g/mol. The van der Waals surface area contributed by atoms with Crippen LogP contribution in [0.4, 0.5) is 4.39 Å². The zero-order valence-electron chi connectivity index (χ0n) is 12.2. The predicted octanol–water partition coefficient (Wildman–Crippen LogP) is 3.15. The van der Waals surface area contributed by atoms with E-state index < -0.39 is 0 Å². The second-order valence-electron chi connectivity index (χ2n) is 5.02. The number of hydrogen-bond donors (Lipinski definition) is 1. The molecular formula is C18H18FNO2. The van der Waals surface area contributed by atoms with Gasteiger partial charge in [-0.2, -0.15) is 0 Å². The second kappa shape index (κ2) is 8.08.